The van der Waals surface area contributed by atoms with Crippen molar-refractivity contribution in [2.75, 3.05) is 13.2 Å². The molecule has 2 aromatic rings. The second-order valence-electron chi connectivity index (χ2n) is 6.25. The summed E-state index contributed by atoms with van der Waals surface area (Å²) in [6, 6.07) is 16.0. The smallest absolute Gasteiger partial charge is 0.330 e. The zero-order valence-electron chi connectivity index (χ0n) is 15.9. The van der Waals surface area contributed by atoms with Crippen LogP contribution >= 0.6 is 0 Å². The van der Waals surface area contributed by atoms with E-state index < -0.39 is 0 Å². The zero-order valence-corrected chi connectivity index (χ0v) is 15.9. The van der Waals surface area contributed by atoms with E-state index in [1.54, 1.807) is 0 Å². The van der Waals surface area contributed by atoms with Crippen LogP contribution < -0.4 is 4.74 Å². The van der Waals surface area contributed by atoms with Crippen molar-refractivity contribution in [1.82, 2.24) is 0 Å². The van der Waals surface area contributed by atoms with Crippen LogP contribution in [0.1, 0.15) is 42.4 Å². The SMILES string of the molecule is C=CC(=O)OCCCCCCOc1ccc(C)cc1C#Cc1ccccc1. The molecule has 3 nitrogen and oxygen atoms in total. The van der Waals surface area contributed by atoms with Crippen LogP contribution in [0.5, 0.6) is 5.75 Å². The van der Waals surface area contributed by atoms with Gasteiger partial charge < -0.3 is 9.47 Å². The van der Waals surface area contributed by atoms with Gasteiger partial charge in [0.1, 0.15) is 5.75 Å². The molecule has 3 heteroatoms. The number of ether oxygens (including phenoxy) is 2. The van der Waals surface area contributed by atoms with E-state index >= 15 is 0 Å². The standard InChI is InChI=1S/C24H26O3/c1-3-24(25)27-18-10-5-4-9-17-26-23-16-13-20(2)19-22(23)15-14-21-11-7-6-8-12-21/h3,6-8,11-13,16,19H,1,4-5,9-10,17-18H2,2H3. The highest BCUT2D eigenvalue weighted by molar-refractivity contribution is 5.81. The Morgan fingerprint density at radius 1 is 1.00 bits per heavy atom. The number of aryl methyl sites for hydroxylation is 1. The molecule has 0 saturated heterocycles. The van der Waals surface area contributed by atoms with Gasteiger partial charge in [0.15, 0.2) is 0 Å². The molecule has 0 bridgehead atoms. The van der Waals surface area contributed by atoms with Gasteiger partial charge in [0.05, 0.1) is 18.8 Å². The summed E-state index contributed by atoms with van der Waals surface area (Å²) in [6.45, 7) is 6.52. The van der Waals surface area contributed by atoms with Crippen molar-refractivity contribution in [3.8, 4) is 17.6 Å². The van der Waals surface area contributed by atoms with E-state index in [1.165, 1.54) is 6.08 Å². The molecular formula is C24H26O3. The maximum atomic E-state index is 10.9. The van der Waals surface area contributed by atoms with Crippen LogP contribution in [0, 0.1) is 18.8 Å². The summed E-state index contributed by atoms with van der Waals surface area (Å²) in [5, 5.41) is 0. The molecule has 0 aromatic heterocycles. The summed E-state index contributed by atoms with van der Waals surface area (Å²) in [5.74, 6) is 6.88. The highest BCUT2D eigenvalue weighted by atomic mass is 16.5. The summed E-state index contributed by atoms with van der Waals surface area (Å²) < 4.78 is 10.9. The molecule has 2 aromatic carbocycles. The summed E-state index contributed by atoms with van der Waals surface area (Å²) in [4.78, 5) is 10.9. The third-order valence-corrected chi connectivity index (χ3v) is 3.96. The number of hydrogen-bond donors (Lipinski definition) is 0. The Morgan fingerprint density at radius 2 is 1.74 bits per heavy atom. The Balaban J connectivity index is 1.79. The predicted molar refractivity (Wildman–Crippen MR) is 109 cm³/mol. The predicted octanol–water partition coefficient (Wildman–Crippen LogP) is 5.06. The lowest BCUT2D eigenvalue weighted by Gasteiger charge is -2.09. The van der Waals surface area contributed by atoms with Crippen molar-refractivity contribution >= 4 is 5.97 Å². The molecule has 0 aliphatic rings. The Kier molecular flexibility index (Phi) is 8.73. The van der Waals surface area contributed by atoms with Gasteiger partial charge in [0, 0.05) is 11.6 Å². The highest BCUT2D eigenvalue weighted by Crippen LogP contribution is 2.20. The van der Waals surface area contributed by atoms with Crippen molar-refractivity contribution < 1.29 is 14.3 Å². The molecule has 0 aliphatic carbocycles. The number of benzene rings is 2. The fraction of sp³-hybridized carbons (Fsp3) is 0.292. The Labute approximate surface area is 162 Å². The minimum atomic E-state index is -0.359. The lowest BCUT2D eigenvalue weighted by atomic mass is 10.1. The lowest BCUT2D eigenvalue weighted by Crippen LogP contribution is -2.02. The summed E-state index contributed by atoms with van der Waals surface area (Å²) in [6.07, 6.45) is 5.03. The number of esters is 1. The fourth-order valence-electron chi connectivity index (χ4n) is 2.50. The van der Waals surface area contributed by atoms with Gasteiger partial charge in [-0.2, -0.15) is 0 Å². The molecule has 0 aliphatic heterocycles. The van der Waals surface area contributed by atoms with Crippen molar-refractivity contribution in [2.45, 2.75) is 32.6 Å². The zero-order chi connectivity index (χ0) is 19.3. The van der Waals surface area contributed by atoms with E-state index in [4.69, 9.17) is 9.47 Å². The van der Waals surface area contributed by atoms with Gasteiger partial charge in [-0.25, -0.2) is 4.79 Å². The molecule has 0 amide bonds. The Hall–Kier alpha value is -2.99. The van der Waals surface area contributed by atoms with E-state index in [-0.39, 0.29) is 5.97 Å². The third kappa shape index (κ3) is 7.83. The summed E-state index contributed by atoms with van der Waals surface area (Å²) in [5.41, 5.74) is 3.06. The second-order valence-corrected chi connectivity index (χ2v) is 6.25. The van der Waals surface area contributed by atoms with Crippen LogP contribution in [-0.2, 0) is 9.53 Å². The number of carbonyl (C=O) groups excluding carboxylic acids is 1. The second kappa shape index (κ2) is 11.6. The van der Waals surface area contributed by atoms with Crippen molar-refractivity contribution in [2.24, 2.45) is 0 Å². The van der Waals surface area contributed by atoms with Gasteiger partial charge in [-0.1, -0.05) is 42.7 Å². The minimum absolute atomic E-state index is 0.359. The normalized spacial score (nSPS) is 9.81. The summed E-state index contributed by atoms with van der Waals surface area (Å²) in [7, 11) is 0. The van der Waals surface area contributed by atoms with Crippen LogP contribution in [-0.4, -0.2) is 19.2 Å². The quantitative estimate of drug-likeness (QED) is 0.271. The third-order valence-electron chi connectivity index (χ3n) is 3.96. The molecule has 0 spiro atoms. The van der Waals surface area contributed by atoms with Crippen molar-refractivity contribution in [1.29, 1.82) is 0 Å². The highest BCUT2D eigenvalue weighted by Gasteiger charge is 2.02. The first-order valence-corrected chi connectivity index (χ1v) is 9.29. The molecule has 0 N–H and O–H groups in total. The van der Waals surface area contributed by atoms with Crippen LogP contribution in [0.25, 0.3) is 0 Å². The molecule has 140 valence electrons. The van der Waals surface area contributed by atoms with Gasteiger partial charge in [-0.15, -0.1) is 0 Å². The first-order chi connectivity index (χ1) is 13.2. The molecule has 0 radical (unpaired) electrons. The minimum Gasteiger partial charge on any atom is -0.492 e. The number of carbonyl (C=O) groups is 1. The molecule has 0 heterocycles. The average Bonchev–Trinajstić information content (AvgIpc) is 2.70. The van der Waals surface area contributed by atoms with E-state index in [0.717, 1.165) is 48.1 Å². The van der Waals surface area contributed by atoms with Gasteiger partial charge in [0.25, 0.3) is 0 Å². The van der Waals surface area contributed by atoms with Crippen LogP contribution in [0.4, 0.5) is 0 Å². The summed E-state index contributed by atoms with van der Waals surface area (Å²) >= 11 is 0. The van der Waals surface area contributed by atoms with Crippen LogP contribution in [0.2, 0.25) is 0 Å². The number of rotatable bonds is 9. The molecule has 27 heavy (non-hydrogen) atoms. The molecule has 2 rings (SSSR count). The molecule has 0 atom stereocenters. The average molecular weight is 362 g/mol. The first kappa shape index (κ1) is 20.3. The molecule has 0 fully saturated rings. The van der Waals surface area contributed by atoms with Gasteiger partial charge >= 0.3 is 5.97 Å². The topological polar surface area (TPSA) is 35.5 Å². The molecule has 0 saturated carbocycles. The fourth-order valence-corrected chi connectivity index (χ4v) is 2.50. The Bertz CT molecular complexity index is 797. The molecule has 0 unspecified atom stereocenters. The first-order valence-electron chi connectivity index (χ1n) is 9.29. The lowest BCUT2D eigenvalue weighted by molar-refractivity contribution is -0.137. The van der Waals surface area contributed by atoms with E-state index in [2.05, 4.69) is 31.4 Å². The van der Waals surface area contributed by atoms with Gasteiger partial charge in [-0.05, 0) is 62.4 Å². The monoisotopic (exact) mass is 362 g/mol. The maximum Gasteiger partial charge on any atom is 0.330 e. The van der Waals surface area contributed by atoms with Crippen LogP contribution in [0.3, 0.4) is 0 Å². The maximum absolute atomic E-state index is 10.9. The van der Waals surface area contributed by atoms with Crippen LogP contribution in [0.15, 0.2) is 61.2 Å². The molecular weight excluding hydrogens is 336 g/mol. The van der Waals surface area contributed by atoms with Crippen molar-refractivity contribution in [3.63, 3.8) is 0 Å². The Morgan fingerprint density at radius 3 is 2.48 bits per heavy atom. The van der Waals surface area contributed by atoms with E-state index in [1.807, 2.05) is 42.5 Å². The van der Waals surface area contributed by atoms with Crippen molar-refractivity contribution in [3.05, 3.63) is 77.9 Å². The van der Waals surface area contributed by atoms with E-state index in [9.17, 15) is 4.79 Å². The van der Waals surface area contributed by atoms with Gasteiger partial charge in [-0.3, -0.25) is 0 Å². The number of hydrogen-bond acceptors (Lipinski definition) is 3. The van der Waals surface area contributed by atoms with E-state index in [0.29, 0.717) is 13.2 Å². The largest absolute Gasteiger partial charge is 0.492 e. The van der Waals surface area contributed by atoms with Gasteiger partial charge in [0.2, 0.25) is 0 Å². The number of unbranched alkanes of at least 4 members (excludes halogenated alkanes) is 3.